The number of nitrogens with two attached hydrogens (primary N) is 1. The number of ether oxygens (including phenoxy) is 1. The third-order valence-corrected chi connectivity index (χ3v) is 2.64. The van der Waals surface area contributed by atoms with Crippen molar-refractivity contribution in [3.05, 3.63) is 29.8 Å². The number of benzene rings is 1. The minimum absolute atomic E-state index is 0.0572. The van der Waals surface area contributed by atoms with Crippen molar-refractivity contribution in [3.8, 4) is 5.75 Å². The van der Waals surface area contributed by atoms with Gasteiger partial charge in [0.25, 0.3) is 0 Å². The molecule has 0 saturated carbocycles. The minimum Gasteiger partial charge on any atom is -0.435 e. The molecule has 0 aromatic heterocycles. The summed E-state index contributed by atoms with van der Waals surface area (Å²) in [6.45, 7) is 1.19. The molecule has 3 N–H and O–H groups in total. The lowest BCUT2D eigenvalue weighted by atomic mass is 10.0. The SMILES string of the molecule is CC(C)[C@H](N)C(=O)NCc1ccc(OC(F)F)cc1. The number of halogens is 2. The molecule has 0 aliphatic carbocycles. The molecule has 1 atom stereocenters. The van der Waals surface area contributed by atoms with Gasteiger partial charge in [-0.2, -0.15) is 8.78 Å². The van der Waals surface area contributed by atoms with Gasteiger partial charge >= 0.3 is 6.61 Å². The molecule has 1 aromatic rings. The van der Waals surface area contributed by atoms with Crippen molar-refractivity contribution >= 4 is 5.91 Å². The highest BCUT2D eigenvalue weighted by molar-refractivity contribution is 5.81. The van der Waals surface area contributed by atoms with E-state index in [1.165, 1.54) is 12.1 Å². The van der Waals surface area contributed by atoms with Crippen LogP contribution in [0.5, 0.6) is 5.75 Å². The fraction of sp³-hybridized carbons (Fsp3) is 0.462. The van der Waals surface area contributed by atoms with Gasteiger partial charge in [-0.3, -0.25) is 4.79 Å². The van der Waals surface area contributed by atoms with Crippen LogP contribution in [0.15, 0.2) is 24.3 Å². The molecule has 0 fully saturated rings. The number of hydrogen-bond donors (Lipinski definition) is 2. The summed E-state index contributed by atoms with van der Waals surface area (Å²) in [5.74, 6) is -0.0892. The Labute approximate surface area is 110 Å². The van der Waals surface area contributed by atoms with E-state index in [-0.39, 0.29) is 17.6 Å². The van der Waals surface area contributed by atoms with Gasteiger partial charge in [-0.1, -0.05) is 26.0 Å². The van der Waals surface area contributed by atoms with Gasteiger partial charge < -0.3 is 15.8 Å². The fourth-order valence-electron chi connectivity index (χ4n) is 1.40. The van der Waals surface area contributed by atoms with Crippen LogP contribution in [-0.2, 0) is 11.3 Å². The van der Waals surface area contributed by atoms with Gasteiger partial charge in [0.15, 0.2) is 0 Å². The zero-order chi connectivity index (χ0) is 14.4. The molecule has 6 heteroatoms. The van der Waals surface area contributed by atoms with Crippen molar-refractivity contribution in [3.63, 3.8) is 0 Å². The quantitative estimate of drug-likeness (QED) is 0.831. The highest BCUT2D eigenvalue weighted by Crippen LogP contribution is 2.14. The van der Waals surface area contributed by atoms with Crippen molar-refractivity contribution in [2.24, 2.45) is 11.7 Å². The van der Waals surface area contributed by atoms with E-state index in [4.69, 9.17) is 5.73 Å². The summed E-state index contributed by atoms with van der Waals surface area (Å²) in [7, 11) is 0. The Kier molecular flexibility index (Phi) is 5.69. The monoisotopic (exact) mass is 272 g/mol. The molecule has 106 valence electrons. The Balaban J connectivity index is 2.48. The van der Waals surface area contributed by atoms with Crippen LogP contribution in [0.2, 0.25) is 0 Å². The van der Waals surface area contributed by atoms with E-state index in [1.807, 2.05) is 13.8 Å². The molecule has 0 saturated heterocycles. The normalized spacial score (nSPS) is 12.6. The molecule has 0 heterocycles. The van der Waals surface area contributed by atoms with Gasteiger partial charge in [-0.05, 0) is 23.6 Å². The molecule has 0 bridgehead atoms. The van der Waals surface area contributed by atoms with E-state index in [0.717, 1.165) is 5.56 Å². The number of nitrogens with one attached hydrogen (secondary N) is 1. The summed E-state index contributed by atoms with van der Waals surface area (Å²) in [5.41, 5.74) is 6.47. The third kappa shape index (κ3) is 5.21. The molecule has 0 spiro atoms. The third-order valence-electron chi connectivity index (χ3n) is 2.64. The topological polar surface area (TPSA) is 64.4 Å². The number of hydrogen-bond acceptors (Lipinski definition) is 3. The van der Waals surface area contributed by atoms with Crippen molar-refractivity contribution in [2.45, 2.75) is 33.0 Å². The van der Waals surface area contributed by atoms with E-state index in [2.05, 4.69) is 10.1 Å². The highest BCUT2D eigenvalue weighted by Gasteiger charge is 2.16. The van der Waals surface area contributed by atoms with Crippen molar-refractivity contribution in [2.75, 3.05) is 0 Å². The number of carbonyl (C=O) groups excluding carboxylic acids is 1. The Morgan fingerprint density at radius 1 is 1.32 bits per heavy atom. The molecular formula is C13H18F2N2O2. The summed E-state index contributed by atoms with van der Waals surface area (Å²) >= 11 is 0. The zero-order valence-electron chi connectivity index (χ0n) is 10.9. The molecular weight excluding hydrogens is 254 g/mol. The Hall–Kier alpha value is -1.69. The number of amides is 1. The smallest absolute Gasteiger partial charge is 0.387 e. The van der Waals surface area contributed by atoms with Gasteiger partial charge in [-0.15, -0.1) is 0 Å². The van der Waals surface area contributed by atoms with Crippen LogP contribution in [0, 0.1) is 5.92 Å². The highest BCUT2D eigenvalue weighted by atomic mass is 19.3. The fourth-order valence-corrected chi connectivity index (χ4v) is 1.40. The number of carbonyl (C=O) groups is 1. The first kappa shape index (κ1) is 15.4. The molecule has 19 heavy (non-hydrogen) atoms. The Morgan fingerprint density at radius 3 is 2.37 bits per heavy atom. The van der Waals surface area contributed by atoms with Crippen LogP contribution < -0.4 is 15.8 Å². The lowest BCUT2D eigenvalue weighted by Crippen LogP contribution is -2.43. The molecule has 1 aromatic carbocycles. The predicted octanol–water partition coefficient (Wildman–Crippen LogP) is 1.89. The first-order valence-electron chi connectivity index (χ1n) is 5.97. The van der Waals surface area contributed by atoms with E-state index >= 15 is 0 Å². The van der Waals surface area contributed by atoms with Crippen LogP contribution in [-0.4, -0.2) is 18.6 Å². The summed E-state index contributed by atoms with van der Waals surface area (Å²) in [5, 5.41) is 2.69. The molecule has 1 rings (SSSR count). The van der Waals surface area contributed by atoms with Crippen LogP contribution in [0.25, 0.3) is 0 Å². The van der Waals surface area contributed by atoms with Crippen LogP contribution in [0.3, 0.4) is 0 Å². The summed E-state index contributed by atoms with van der Waals surface area (Å²) < 4.78 is 28.1. The minimum atomic E-state index is -2.84. The second-order valence-corrected chi connectivity index (χ2v) is 4.51. The summed E-state index contributed by atoms with van der Waals surface area (Å²) in [6, 6.07) is 5.52. The average Bonchev–Trinajstić information content (AvgIpc) is 2.35. The summed E-state index contributed by atoms with van der Waals surface area (Å²) in [4.78, 5) is 11.6. The Bertz CT molecular complexity index is 408. The molecule has 4 nitrogen and oxygen atoms in total. The predicted molar refractivity (Wildman–Crippen MR) is 67.7 cm³/mol. The lowest BCUT2D eigenvalue weighted by molar-refractivity contribution is -0.123. The maximum atomic E-state index is 11.9. The summed E-state index contributed by atoms with van der Waals surface area (Å²) in [6.07, 6.45) is 0. The van der Waals surface area contributed by atoms with Crippen LogP contribution in [0.1, 0.15) is 19.4 Å². The van der Waals surface area contributed by atoms with Crippen molar-refractivity contribution in [1.82, 2.24) is 5.32 Å². The van der Waals surface area contributed by atoms with Gasteiger partial charge in [0.05, 0.1) is 6.04 Å². The van der Waals surface area contributed by atoms with Crippen LogP contribution >= 0.6 is 0 Å². The first-order chi connectivity index (χ1) is 8.90. The van der Waals surface area contributed by atoms with Gasteiger partial charge in [-0.25, -0.2) is 0 Å². The van der Waals surface area contributed by atoms with Gasteiger partial charge in [0.1, 0.15) is 5.75 Å². The zero-order valence-corrected chi connectivity index (χ0v) is 10.9. The second kappa shape index (κ2) is 7.04. The lowest BCUT2D eigenvalue weighted by Gasteiger charge is -2.15. The van der Waals surface area contributed by atoms with E-state index in [1.54, 1.807) is 12.1 Å². The standard InChI is InChI=1S/C13H18F2N2O2/c1-8(2)11(16)12(18)17-7-9-3-5-10(6-4-9)19-13(14)15/h3-6,8,11,13H,7,16H2,1-2H3,(H,17,18)/t11-/m0/s1. The van der Waals surface area contributed by atoms with Crippen LogP contribution in [0.4, 0.5) is 8.78 Å². The van der Waals surface area contributed by atoms with Crippen molar-refractivity contribution in [1.29, 1.82) is 0 Å². The first-order valence-corrected chi connectivity index (χ1v) is 5.97. The Morgan fingerprint density at radius 2 is 1.89 bits per heavy atom. The molecule has 0 aliphatic heterocycles. The number of rotatable bonds is 6. The largest absolute Gasteiger partial charge is 0.435 e. The van der Waals surface area contributed by atoms with Crippen molar-refractivity contribution < 1.29 is 18.3 Å². The van der Waals surface area contributed by atoms with E-state index in [0.29, 0.717) is 6.54 Å². The van der Waals surface area contributed by atoms with Gasteiger partial charge in [0, 0.05) is 6.54 Å². The van der Waals surface area contributed by atoms with Gasteiger partial charge in [0.2, 0.25) is 5.91 Å². The molecule has 0 unspecified atom stereocenters. The van der Waals surface area contributed by atoms with E-state index < -0.39 is 12.7 Å². The van der Waals surface area contributed by atoms with E-state index in [9.17, 15) is 13.6 Å². The maximum Gasteiger partial charge on any atom is 0.387 e. The second-order valence-electron chi connectivity index (χ2n) is 4.51. The molecule has 1 amide bonds. The maximum absolute atomic E-state index is 11.9. The number of alkyl halides is 2. The molecule has 0 radical (unpaired) electrons. The average molecular weight is 272 g/mol. The molecule has 0 aliphatic rings.